The largest absolute Gasteiger partial charge is 0.386 e. The zero-order valence-electron chi connectivity index (χ0n) is 15.6. The van der Waals surface area contributed by atoms with Gasteiger partial charge in [-0.25, -0.2) is 0 Å². The Labute approximate surface area is 173 Å². The van der Waals surface area contributed by atoms with Gasteiger partial charge in [0.05, 0.1) is 12.6 Å². The van der Waals surface area contributed by atoms with Crippen LogP contribution in [0.1, 0.15) is 43.4 Å². The van der Waals surface area contributed by atoms with E-state index in [1.54, 1.807) is 0 Å². The maximum absolute atomic E-state index is 11.2. The minimum atomic E-state index is -0.625. The molecule has 1 aromatic carbocycles. The predicted molar refractivity (Wildman–Crippen MR) is 116 cm³/mol. The summed E-state index contributed by atoms with van der Waals surface area (Å²) in [6.07, 6.45) is 1.83. The van der Waals surface area contributed by atoms with E-state index in [9.17, 15) is 9.90 Å². The number of rotatable bonds is 6. The Morgan fingerprint density at radius 1 is 1.50 bits per heavy atom. The maximum Gasteiger partial charge on any atom is 0.217 e. The molecule has 1 aliphatic rings. The van der Waals surface area contributed by atoms with Crippen molar-refractivity contribution < 1.29 is 9.90 Å². The van der Waals surface area contributed by atoms with Gasteiger partial charge in [-0.1, -0.05) is 29.8 Å². The number of carbonyl (C=O) groups is 1. The molecule has 1 heterocycles. The highest BCUT2D eigenvalue weighted by molar-refractivity contribution is 14.0. The van der Waals surface area contributed by atoms with Gasteiger partial charge in [0.15, 0.2) is 5.96 Å². The van der Waals surface area contributed by atoms with Crippen molar-refractivity contribution in [3.05, 3.63) is 35.4 Å². The minimum absolute atomic E-state index is 0. The van der Waals surface area contributed by atoms with Gasteiger partial charge in [0.1, 0.15) is 0 Å². The normalized spacial score (nSPS) is 18.8. The van der Waals surface area contributed by atoms with Crippen LogP contribution in [-0.2, 0) is 4.79 Å². The van der Waals surface area contributed by atoms with E-state index in [0.29, 0.717) is 13.0 Å². The van der Waals surface area contributed by atoms with Crippen LogP contribution in [0.25, 0.3) is 0 Å². The van der Waals surface area contributed by atoms with Crippen molar-refractivity contribution in [3.63, 3.8) is 0 Å². The fraction of sp³-hybridized carbons (Fsp3) is 0.579. The number of nitrogens with zero attached hydrogens (tertiary/aromatic N) is 2. The van der Waals surface area contributed by atoms with E-state index in [4.69, 9.17) is 5.73 Å². The van der Waals surface area contributed by atoms with Gasteiger partial charge in [0.2, 0.25) is 5.91 Å². The van der Waals surface area contributed by atoms with E-state index in [1.807, 2.05) is 38.1 Å². The number of nitrogens with two attached hydrogens (primary N) is 1. The number of halogens is 1. The Bertz CT molecular complexity index is 609. The van der Waals surface area contributed by atoms with Crippen molar-refractivity contribution in [1.29, 1.82) is 0 Å². The summed E-state index contributed by atoms with van der Waals surface area (Å²) in [6.45, 7) is 6.78. The van der Waals surface area contributed by atoms with E-state index in [-0.39, 0.29) is 35.8 Å². The summed E-state index contributed by atoms with van der Waals surface area (Å²) in [6, 6.07) is 7.86. The number of hydrogen-bond donors (Lipinski definition) is 3. The van der Waals surface area contributed by atoms with Gasteiger partial charge in [-0.05, 0) is 38.2 Å². The summed E-state index contributed by atoms with van der Waals surface area (Å²) in [4.78, 5) is 18.0. The molecular formula is C19H31IN4O2. The number of carbonyl (C=O) groups excluding carboxylic acids is 1. The van der Waals surface area contributed by atoms with E-state index >= 15 is 0 Å². The van der Waals surface area contributed by atoms with Crippen molar-refractivity contribution >= 4 is 35.8 Å². The van der Waals surface area contributed by atoms with Gasteiger partial charge in [0.25, 0.3) is 0 Å². The highest BCUT2D eigenvalue weighted by atomic mass is 127. The lowest BCUT2D eigenvalue weighted by Crippen LogP contribution is -2.47. The van der Waals surface area contributed by atoms with E-state index in [0.717, 1.165) is 49.6 Å². The van der Waals surface area contributed by atoms with Crippen molar-refractivity contribution in [1.82, 2.24) is 10.2 Å². The fourth-order valence-electron chi connectivity index (χ4n) is 3.29. The number of guanidine groups is 1. The summed E-state index contributed by atoms with van der Waals surface area (Å²) in [5.74, 6) is 0.823. The van der Waals surface area contributed by atoms with Crippen LogP contribution in [0.4, 0.5) is 0 Å². The third-order valence-electron chi connectivity index (χ3n) is 4.48. The number of benzene rings is 1. The first-order valence-corrected chi connectivity index (χ1v) is 9.05. The number of hydrogen-bond acceptors (Lipinski definition) is 3. The number of amides is 1. The quantitative estimate of drug-likeness (QED) is 0.335. The molecular weight excluding hydrogens is 443 g/mol. The first kappa shape index (κ1) is 22.7. The molecule has 6 nitrogen and oxygen atoms in total. The molecule has 1 fully saturated rings. The van der Waals surface area contributed by atoms with Gasteiger partial charge >= 0.3 is 0 Å². The molecule has 2 rings (SSSR count). The molecule has 1 aliphatic heterocycles. The lowest BCUT2D eigenvalue weighted by molar-refractivity contribution is -0.119. The number of primary amides is 1. The second-order valence-corrected chi connectivity index (χ2v) is 6.75. The monoisotopic (exact) mass is 474 g/mol. The number of likely N-dealkylation sites (tertiary alicyclic amines) is 1. The molecule has 1 saturated heterocycles. The highest BCUT2D eigenvalue weighted by Crippen LogP contribution is 2.20. The Balaban J connectivity index is 0.00000338. The van der Waals surface area contributed by atoms with Crippen LogP contribution < -0.4 is 11.1 Å². The molecule has 4 N–H and O–H groups in total. The number of aliphatic hydroxyl groups is 1. The van der Waals surface area contributed by atoms with Crippen LogP contribution in [0.2, 0.25) is 0 Å². The Hall–Kier alpha value is -1.35. The van der Waals surface area contributed by atoms with Crippen LogP contribution in [-0.4, -0.2) is 48.1 Å². The van der Waals surface area contributed by atoms with Gasteiger partial charge < -0.3 is 21.1 Å². The molecule has 7 heteroatoms. The maximum atomic E-state index is 11.2. The van der Waals surface area contributed by atoms with E-state index in [2.05, 4.69) is 15.2 Å². The lowest BCUT2D eigenvalue weighted by atomic mass is 9.95. The smallest absolute Gasteiger partial charge is 0.217 e. The first-order valence-electron chi connectivity index (χ1n) is 9.05. The van der Waals surface area contributed by atoms with Crippen LogP contribution in [0.15, 0.2) is 29.3 Å². The zero-order chi connectivity index (χ0) is 18.2. The van der Waals surface area contributed by atoms with Crippen LogP contribution in [0.3, 0.4) is 0 Å². The Morgan fingerprint density at radius 3 is 2.92 bits per heavy atom. The summed E-state index contributed by atoms with van der Waals surface area (Å²) in [5, 5.41) is 13.7. The molecule has 0 spiro atoms. The molecule has 2 unspecified atom stereocenters. The molecule has 0 aliphatic carbocycles. The first-order chi connectivity index (χ1) is 12.0. The van der Waals surface area contributed by atoms with Crippen LogP contribution in [0.5, 0.6) is 0 Å². The molecule has 0 saturated carbocycles. The number of aliphatic imine (C=N–C) groups is 1. The lowest BCUT2D eigenvalue weighted by Gasteiger charge is -2.34. The summed E-state index contributed by atoms with van der Waals surface area (Å²) >= 11 is 0. The molecule has 0 aromatic heterocycles. The topological polar surface area (TPSA) is 91.0 Å². The third-order valence-corrected chi connectivity index (χ3v) is 4.48. The number of piperidine rings is 1. The van der Waals surface area contributed by atoms with Gasteiger partial charge in [0, 0.05) is 26.1 Å². The standard InChI is InChI=1S/C19H30N4O2.HI/c1-3-21-19(23-9-5-7-15(13-23)11-18(20)25)22-12-17(24)16-8-4-6-14(2)10-16;/h4,6,8,10,15,17,24H,3,5,7,9,11-13H2,1-2H3,(H2,20,25)(H,21,22);1H. The van der Waals surface area contributed by atoms with Crippen molar-refractivity contribution in [3.8, 4) is 0 Å². The fourth-order valence-corrected chi connectivity index (χ4v) is 3.29. The molecule has 1 aromatic rings. The van der Waals surface area contributed by atoms with Gasteiger partial charge in [-0.3, -0.25) is 9.79 Å². The minimum Gasteiger partial charge on any atom is -0.386 e. The molecule has 26 heavy (non-hydrogen) atoms. The van der Waals surface area contributed by atoms with Crippen molar-refractivity contribution in [2.24, 2.45) is 16.6 Å². The summed E-state index contributed by atoms with van der Waals surface area (Å²) < 4.78 is 0. The van der Waals surface area contributed by atoms with E-state index in [1.165, 1.54) is 0 Å². The number of aliphatic hydroxyl groups excluding tert-OH is 1. The molecule has 2 atom stereocenters. The zero-order valence-corrected chi connectivity index (χ0v) is 18.0. The number of nitrogens with one attached hydrogen (secondary N) is 1. The van der Waals surface area contributed by atoms with Crippen LogP contribution >= 0.6 is 24.0 Å². The number of aryl methyl sites for hydroxylation is 1. The second-order valence-electron chi connectivity index (χ2n) is 6.75. The molecule has 146 valence electrons. The molecule has 0 bridgehead atoms. The Kier molecular flexibility index (Phi) is 9.93. The van der Waals surface area contributed by atoms with Crippen LogP contribution in [0, 0.1) is 12.8 Å². The van der Waals surface area contributed by atoms with Gasteiger partial charge in [-0.15, -0.1) is 24.0 Å². The third kappa shape index (κ3) is 7.11. The second kappa shape index (κ2) is 11.4. The predicted octanol–water partition coefficient (Wildman–Crippen LogP) is 2.20. The SMILES string of the molecule is CCNC(=NCC(O)c1cccc(C)c1)N1CCCC(CC(N)=O)C1.I. The van der Waals surface area contributed by atoms with E-state index < -0.39 is 6.10 Å². The molecule has 0 radical (unpaired) electrons. The molecule has 1 amide bonds. The summed E-state index contributed by atoms with van der Waals surface area (Å²) in [7, 11) is 0. The Morgan fingerprint density at radius 2 is 2.27 bits per heavy atom. The average Bonchev–Trinajstić information content (AvgIpc) is 2.58. The van der Waals surface area contributed by atoms with Crippen molar-refractivity contribution in [2.75, 3.05) is 26.2 Å². The average molecular weight is 474 g/mol. The summed E-state index contributed by atoms with van der Waals surface area (Å²) in [5.41, 5.74) is 7.34. The van der Waals surface area contributed by atoms with Crippen molar-refractivity contribution in [2.45, 2.75) is 39.2 Å². The highest BCUT2D eigenvalue weighted by Gasteiger charge is 2.23. The van der Waals surface area contributed by atoms with Gasteiger partial charge in [-0.2, -0.15) is 0 Å².